The Morgan fingerprint density at radius 1 is 1.35 bits per heavy atom. The SMILES string of the molecule is CC(=O)N(O)CCC(c1ccccc1CO)P(=O)(O)O. The van der Waals surface area contributed by atoms with Gasteiger partial charge in [-0.2, -0.15) is 0 Å². The summed E-state index contributed by atoms with van der Waals surface area (Å²) in [6.45, 7) is 0.598. The van der Waals surface area contributed by atoms with Gasteiger partial charge in [0.05, 0.1) is 12.3 Å². The van der Waals surface area contributed by atoms with E-state index < -0.39 is 19.2 Å². The van der Waals surface area contributed by atoms with Gasteiger partial charge in [-0.15, -0.1) is 0 Å². The second-order valence-electron chi connectivity index (χ2n) is 4.39. The quantitative estimate of drug-likeness (QED) is 0.354. The minimum Gasteiger partial charge on any atom is -0.392 e. The highest BCUT2D eigenvalue weighted by molar-refractivity contribution is 7.52. The average Bonchev–Trinajstić information content (AvgIpc) is 2.37. The van der Waals surface area contributed by atoms with Crippen LogP contribution in [-0.2, 0) is 16.0 Å². The van der Waals surface area contributed by atoms with E-state index in [9.17, 15) is 29.5 Å². The van der Waals surface area contributed by atoms with Gasteiger partial charge in [0.2, 0.25) is 5.91 Å². The van der Waals surface area contributed by atoms with Crippen LogP contribution in [0.15, 0.2) is 24.3 Å². The number of carbonyl (C=O) groups excluding carboxylic acids is 1. The Hall–Kier alpha value is -1.24. The molecule has 0 aliphatic rings. The summed E-state index contributed by atoms with van der Waals surface area (Å²) in [5.74, 6) is -0.607. The van der Waals surface area contributed by atoms with Crippen LogP contribution in [-0.4, -0.2) is 37.6 Å². The van der Waals surface area contributed by atoms with Crippen molar-refractivity contribution in [2.45, 2.75) is 25.6 Å². The van der Waals surface area contributed by atoms with Crippen molar-refractivity contribution in [2.24, 2.45) is 0 Å². The summed E-state index contributed by atoms with van der Waals surface area (Å²) >= 11 is 0. The topological polar surface area (TPSA) is 118 Å². The van der Waals surface area contributed by atoms with Gasteiger partial charge in [-0.05, 0) is 17.5 Å². The van der Waals surface area contributed by atoms with E-state index in [1.807, 2.05) is 0 Å². The van der Waals surface area contributed by atoms with Crippen LogP contribution < -0.4 is 0 Å². The molecule has 0 aliphatic heterocycles. The summed E-state index contributed by atoms with van der Waals surface area (Å²) in [5, 5.41) is 18.9. The maximum Gasteiger partial charge on any atom is 0.333 e. The first kappa shape index (κ1) is 16.8. The van der Waals surface area contributed by atoms with Crippen LogP contribution in [0.3, 0.4) is 0 Å². The molecule has 0 saturated carbocycles. The van der Waals surface area contributed by atoms with Crippen molar-refractivity contribution in [3.8, 4) is 0 Å². The molecule has 4 N–H and O–H groups in total. The normalized spacial score (nSPS) is 13.1. The van der Waals surface area contributed by atoms with Crippen molar-refractivity contribution in [3.05, 3.63) is 35.4 Å². The molecule has 1 rings (SSSR count). The van der Waals surface area contributed by atoms with Crippen LogP contribution in [0.1, 0.15) is 30.1 Å². The van der Waals surface area contributed by atoms with E-state index in [1.165, 1.54) is 6.07 Å². The van der Waals surface area contributed by atoms with Crippen LogP contribution in [0.25, 0.3) is 0 Å². The second-order valence-corrected chi connectivity index (χ2v) is 6.19. The molecule has 1 unspecified atom stereocenters. The van der Waals surface area contributed by atoms with Gasteiger partial charge in [0.25, 0.3) is 0 Å². The van der Waals surface area contributed by atoms with Gasteiger partial charge in [-0.1, -0.05) is 24.3 Å². The van der Waals surface area contributed by atoms with Crippen molar-refractivity contribution in [1.82, 2.24) is 5.06 Å². The Kier molecular flexibility index (Phi) is 5.86. The largest absolute Gasteiger partial charge is 0.392 e. The van der Waals surface area contributed by atoms with Gasteiger partial charge in [0.1, 0.15) is 0 Å². The molecular formula is C12H18NO6P. The molecular weight excluding hydrogens is 285 g/mol. The molecule has 0 aromatic heterocycles. The molecule has 0 bridgehead atoms. The third-order valence-corrected chi connectivity index (χ3v) is 4.32. The zero-order valence-electron chi connectivity index (χ0n) is 11.0. The summed E-state index contributed by atoms with van der Waals surface area (Å²) in [6.07, 6.45) is -0.114. The Bertz CT molecular complexity index is 514. The smallest absolute Gasteiger partial charge is 0.333 e. The molecule has 20 heavy (non-hydrogen) atoms. The maximum absolute atomic E-state index is 11.6. The molecule has 0 fully saturated rings. The Balaban J connectivity index is 3.02. The highest BCUT2D eigenvalue weighted by Gasteiger charge is 2.32. The van der Waals surface area contributed by atoms with Crippen LogP contribution in [0.2, 0.25) is 0 Å². The number of hydroxylamine groups is 2. The molecule has 1 aromatic rings. The van der Waals surface area contributed by atoms with Crippen LogP contribution in [0, 0.1) is 0 Å². The molecule has 0 aliphatic carbocycles. The lowest BCUT2D eigenvalue weighted by Gasteiger charge is -2.23. The van der Waals surface area contributed by atoms with Crippen molar-refractivity contribution in [3.63, 3.8) is 0 Å². The Labute approximate surface area is 116 Å². The van der Waals surface area contributed by atoms with Crippen LogP contribution in [0.4, 0.5) is 0 Å². The number of hydrogen-bond donors (Lipinski definition) is 4. The number of aliphatic hydroxyl groups is 1. The summed E-state index contributed by atoms with van der Waals surface area (Å²) in [5.41, 5.74) is -0.451. The van der Waals surface area contributed by atoms with Gasteiger partial charge in [0.15, 0.2) is 0 Å². The lowest BCUT2D eigenvalue weighted by atomic mass is 10.0. The predicted molar refractivity (Wildman–Crippen MR) is 70.9 cm³/mol. The lowest BCUT2D eigenvalue weighted by Crippen LogP contribution is -2.27. The van der Waals surface area contributed by atoms with E-state index >= 15 is 0 Å². The van der Waals surface area contributed by atoms with Crippen LogP contribution in [0.5, 0.6) is 0 Å². The van der Waals surface area contributed by atoms with E-state index in [0.29, 0.717) is 16.2 Å². The molecule has 0 heterocycles. The molecule has 112 valence electrons. The molecule has 8 heteroatoms. The Morgan fingerprint density at radius 2 is 1.95 bits per heavy atom. The van der Waals surface area contributed by atoms with Crippen molar-refractivity contribution in [2.75, 3.05) is 6.54 Å². The fourth-order valence-electron chi connectivity index (χ4n) is 1.91. The summed E-state index contributed by atoms with van der Waals surface area (Å²) in [4.78, 5) is 29.8. The fourth-order valence-corrected chi connectivity index (χ4v) is 2.98. The highest BCUT2D eigenvalue weighted by atomic mass is 31.2. The van der Waals surface area contributed by atoms with Crippen molar-refractivity contribution in [1.29, 1.82) is 0 Å². The fraction of sp³-hybridized carbons (Fsp3) is 0.417. The molecule has 0 saturated heterocycles. The summed E-state index contributed by atoms with van der Waals surface area (Å²) < 4.78 is 11.6. The standard InChI is InChI=1S/C12H18NO6P/c1-9(15)13(16)7-6-12(20(17,18)19)11-5-3-2-4-10(11)8-14/h2-5,12,14,16H,6-8H2,1H3,(H2,17,18,19). The van der Waals surface area contributed by atoms with Gasteiger partial charge >= 0.3 is 7.60 Å². The molecule has 0 radical (unpaired) electrons. The third-order valence-electron chi connectivity index (χ3n) is 2.97. The molecule has 0 spiro atoms. The van der Waals surface area contributed by atoms with E-state index in [2.05, 4.69) is 0 Å². The van der Waals surface area contributed by atoms with Gasteiger partial charge in [-0.3, -0.25) is 14.6 Å². The first-order chi connectivity index (χ1) is 9.27. The monoisotopic (exact) mass is 303 g/mol. The summed E-state index contributed by atoms with van der Waals surface area (Å²) in [6, 6.07) is 6.35. The number of nitrogens with zero attached hydrogens (tertiary/aromatic N) is 1. The zero-order chi connectivity index (χ0) is 15.3. The zero-order valence-corrected chi connectivity index (χ0v) is 11.9. The number of carbonyl (C=O) groups is 1. The number of hydrogen-bond acceptors (Lipinski definition) is 4. The van der Waals surface area contributed by atoms with Crippen molar-refractivity contribution < 1.29 is 29.5 Å². The van der Waals surface area contributed by atoms with Gasteiger partial charge < -0.3 is 14.9 Å². The highest BCUT2D eigenvalue weighted by Crippen LogP contribution is 2.54. The molecule has 1 atom stereocenters. The number of aliphatic hydroxyl groups excluding tert-OH is 1. The van der Waals surface area contributed by atoms with Gasteiger partial charge in [-0.25, -0.2) is 5.06 Å². The second kappa shape index (κ2) is 6.97. The molecule has 1 amide bonds. The molecule has 1 aromatic carbocycles. The van der Waals surface area contributed by atoms with E-state index in [-0.39, 0.29) is 19.6 Å². The van der Waals surface area contributed by atoms with E-state index in [0.717, 1.165) is 6.92 Å². The number of benzene rings is 1. The first-order valence-corrected chi connectivity index (χ1v) is 7.66. The minimum absolute atomic E-state index is 0.114. The average molecular weight is 303 g/mol. The minimum atomic E-state index is -4.48. The van der Waals surface area contributed by atoms with Crippen LogP contribution >= 0.6 is 7.60 Å². The lowest BCUT2D eigenvalue weighted by molar-refractivity contribution is -0.162. The van der Waals surface area contributed by atoms with E-state index in [1.54, 1.807) is 18.2 Å². The Morgan fingerprint density at radius 3 is 2.45 bits per heavy atom. The third kappa shape index (κ3) is 4.40. The van der Waals surface area contributed by atoms with E-state index in [4.69, 9.17) is 0 Å². The predicted octanol–water partition coefficient (Wildman–Crippen LogP) is 1.03. The molecule has 7 nitrogen and oxygen atoms in total. The summed E-state index contributed by atoms with van der Waals surface area (Å²) in [7, 11) is -4.48. The number of rotatable bonds is 6. The first-order valence-electron chi connectivity index (χ1n) is 5.98. The van der Waals surface area contributed by atoms with Gasteiger partial charge in [0, 0.05) is 13.5 Å². The van der Waals surface area contributed by atoms with Crippen molar-refractivity contribution >= 4 is 13.5 Å². The maximum atomic E-state index is 11.6. The number of amides is 1.